The van der Waals surface area contributed by atoms with Gasteiger partial charge in [0.05, 0.1) is 40.3 Å². The van der Waals surface area contributed by atoms with E-state index < -0.39 is 24.3 Å². The molecule has 0 aliphatic rings. The standard InChI is InChI=1S/C64H111NO8/c1-6-8-10-12-14-16-18-20-22-24-26-28-29-30-31-32-33-35-37-39-41-43-45-47-49-51-53-55-62(67)73-60(59-72-64(63(68)69)70-57-56-65(3,4)5)58-71-61(66)54-52-50-48-46-44-42-40-38-36-34-27-25-23-21-19-17-15-13-11-9-7-2/h8,10,14,16,20,22,25-28,30-31,33,35,60,64H,6-7,9,11-13,15,17-19,21,23-24,29,32,34,36-59H2,1-5H3/b10-8-,16-14-,22-20-,27-25-,28-26-,31-30-,35-33-. The average molecular weight is 1020 g/mol. The van der Waals surface area contributed by atoms with Crippen LogP contribution in [-0.2, 0) is 33.3 Å². The van der Waals surface area contributed by atoms with Gasteiger partial charge >= 0.3 is 11.9 Å². The van der Waals surface area contributed by atoms with Crippen molar-refractivity contribution in [3.8, 4) is 0 Å². The van der Waals surface area contributed by atoms with Crippen LogP contribution in [-0.4, -0.2) is 82.3 Å². The summed E-state index contributed by atoms with van der Waals surface area (Å²) in [6.07, 6.45) is 69.1. The number of aliphatic carboxylic acids is 1. The zero-order valence-corrected chi connectivity index (χ0v) is 47.7. The van der Waals surface area contributed by atoms with Crippen molar-refractivity contribution in [2.45, 2.75) is 257 Å². The van der Waals surface area contributed by atoms with Crippen LogP contribution in [0.15, 0.2) is 85.1 Å². The van der Waals surface area contributed by atoms with Gasteiger partial charge in [-0.25, -0.2) is 0 Å². The van der Waals surface area contributed by atoms with Crippen LogP contribution in [0.1, 0.15) is 245 Å². The van der Waals surface area contributed by atoms with Crippen LogP contribution in [0.3, 0.4) is 0 Å². The third-order valence-electron chi connectivity index (χ3n) is 12.6. The Hall–Kier alpha value is -3.53. The molecule has 0 aromatic heterocycles. The van der Waals surface area contributed by atoms with E-state index in [1.54, 1.807) is 0 Å². The number of hydrogen-bond acceptors (Lipinski definition) is 8. The van der Waals surface area contributed by atoms with Gasteiger partial charge in [0.1, 0.15) is 13.2 Å². The smallest absolute Gasteiger partial charge is 0.306 e. The molecule has 9 heteroatoms. The largest absolute Gasteiger partial charge is 0.545 e. The van der Waals surface area contributed by atoms with E-state index in [9.17, 15) is 19.5 Å². The summed E-state index contributed by atoms with van der Waals surface area (Å²) in [4.78, 5) is 37.3. The predicted octanol–water partition coefficient (Wildman–Crippen LogP) is 16.2. The number of carbonyl (C=O) groups excluding carboxylic acids is 3. The second kappa shape index (κ2) is 54.7. The number of carbonyl (C=O) groups is 3. The fourth-order valence-corrected chi connectivity index (χ4v) is 8.06. The van der Waals surface area contributed by atoms with Crippen LogP contribution >= 0.6 is 0 Å². The van der Waals surface area contributed by atoms with E-state index in [2.05, 4.69) is 98.9 Å². The molecule has 0 radical (unpaired) electrons. The second-order valence-corrected chi connectivity index (χ2v) is 20.9. The van der Waals surface area contributed by atoms with Crippen LogP contribution in [0.4, 0.5) is 0 Å². The molecule has 0 saturated carbocycles. The summed E-state index contributed by atoms with van der Waals surface area (Å²) in [5, 5.41) is 11.8. The SMILES string of the molecule is CC/C=C\C/C=C\C/C=C\C/C=C\C/C=C\C/C=C\CCCCCCCCCCC(=O)OC(COC(=O)CCCCCCCCCCC/C=C\CCCCCCCCCC)COC(OCC[N+](C)(C)C)C(=O)[O-]. The van der Waals surface area contributed by atoms with Crippen LogP contribution in [0.25, 0.3) is 0 Å². The zero-order chi connectivity index (χ0) is 53.4. The zero-order valence-electron chi connectivity index (χ0n) is 47.7. The summed E-state index contributed by atoms with van der Waals surface area (Å²) < 4.78 is 22.7. The van der Waals surface area contributed by atoms with E-state index in [4.69, 9.17) is 18.9 Å². The fourth-order valence-electron chi connectivity index (χ4n) is 8.06. The quantitative estimate of drug-likeness (QED) is 0.0195. The number of carboxylic acid groups (broad SMARTS) is 1. The minimum Gasteiger partial charge on any atom is -0.545 e. The van der Waals surface area contributed by atoms with Crippen LogP contribution in [0.5, 0.6) is 0 Å². The van der Waals surface area contributed by atoms with E-state index in [0.29, 0.717) is 17.4 Å². The highest BCUT2D eigenvalue weighted by Gasteiger charge is 2.22. The normalized spacial score (nSPS) is 13.4. The molecule has 0 bridgehead atoms. The van der Waals surface area contributed by atoms with E-state index in [1.807, 2.05) is 21.1 Å². The van der Waals surface area contributed by atoms with Crippen molar-refractivity contribution >= 4 is 17.9 Å². The molecule has 2 atom stereocenters. The number of carboxylic acids is 1. The Labute approximate surface area is 449 Å². The van der Waals surface area contributed by atoms with Crippen LogP contribution < -0.4 is 5.11 Å². The number of esters is 2. The number of ether oxygens (including phenoxy) is 4. The average Bonchev–Trinajstić information content (AvgIpc) is 3.36. The van der Waals surface area contributed by atoms with Crippen molar-refractivity contribution in [2.75, 3.05) is 47.5 Å². The number of nitrogens with zero attached hydrogens (tertiary/aromatic N) is 1. The van der Waals surface area contributed by atoms with Crippen molar-refractivity contribution in [2.24, 2.45) is 0 Å². The minimum atomic E-state index is -1.63. The first-order valence-electron chi connectivity index (χ1n) is 29.7. The van der Waals surface area contributed by atoms with Crippen molar-refractivity contribution in [1.82, 2.24) is 0 Å². The molecule has 0 fully saturated rings. The highest BCUT2D eigenvalue weighted by Crippen LogP contribution is 2.15. The van der Waals surface area contributed by atoms with Gasteiger partial charge < -0.3 is 33.3 Å². The van der Waals surface area contributed by atoms with Gasteiger partial charge in [-0.3, -0.25) is 9.59 Å². The number of hydrogen-bond donors (Lipinski definition) is 0. The van der Waals surface area contributed by atoms with Crippen molar-refractivity contribution in [3.63, 3.8) is 0 Å². The number of quaternary nitrogens is 1. The van der Waals surface area contributed by atoms with Gasteiger partial charge in [-0.05, 0) is 89.9 Å². The molecular formula is C64H111NO8. The Morgan fingerprint density at radius 3 is 1.18 bits per heavy atom. The number of likely N-dealkylation sites (N-methyl/N-ethyl adjacent to an activating group) is 1. The number of rotatable bonds is 54. The molecule has 0 rings (SSSR count). The van der Waals surface area contributed by atoms with E-state index >= 15 is 0 Å². The van der Waals surface area contributed by atoms with E-state index in [-0.39, 0.29) is 38.6 Å². The van der Waals surface area contributed by atoms with Gasteiger partial charge in [0, 0.05) is 12.8 Å². The summed E-state index contributed by atoms with van der Waals surface area (Å²) in [6.45, 7) is 4.63. The van der Waals surface area contributed by atoms with Gasteiger partial charge in [0.25, 0.3) is 0 Å². The van der Waals surface area contributed by atoms with E-state index in [1.165, 1.54) is 128 Å². The molecule has 0 amide bonds. The monoisotopic (exact) mass is 1020 g/mol. The Bertz CT molecular complexity index is 1470. The minimum absolute atomic E-state index is 0.142. The van der Waals surface area contributed by atoms with Gasteiger partial charge in [-0.15, -0.1) is 0 Å². The van der Waals surface area contributed by atoms with Crippen LogP contribution in [0.2, 0.25) is 0 Å². The van der Waals surface area contributed by atoms with Crippen molar-refractivity contribution in [1.29, 1.82) is 0 Å². The second-order valence-electron chi connectivity index (χ2n) is 20.9. The lowest BCUT2D eigenvalue weighted by atomic mass is 10.1. The fraction of sp³-hybridized carbons (Fsp3) is 0.734. The third kappa shape index (κ3) is 56.0. The summed E-state index contributed by atoms with van der Waals surface area (Å²) in [5.74, 6) is -2.30. The maximum absolute atomic E-state index is 12.9. The molecule has 2 unspecified atom stereocenters. The van der Waals surface area contributed by atoms with Crippen molar-refractivity contribution in [3.05, 3.63) is 85.1 Å². The summed E-state index contributed by atoms with van der Waals surface area (Å²) >= 11 is 0. The maximum Gasteiger partial charge on any atom is 0.306 e. The highest BCUT2D eigenvalue weighted by atomic mass is 16.7. The molecule has 0 heterocycles. The van der Waals surface area contributed by atoms with Crippen LogP contribution in [0, 0.1) is 0 Å². The number of unbranched alkanes of at least 4 members (excludes halogenated alkanes) is 25. The molecule has 0 aromatic carbocycles. The van der Waals surface area contributed by atoms with Gasteiger partial charge in [0.2, 0.25) is 0 Å². The van der Waals surface area contributed by atoms with Crippen molar-refractivity contribution < 1.29 is 42.9 Å². The molecule has 73 heavy (non-hydrogen) atoms. The Kier molecular flexibility index (Phi) is 52.1. The van der Waals surface area contributed by atoms with Gasteiger partial charge in [-0.2, -0.15) is 0 Å². The molecule has 0 saturated heterocycles. The molecule has 0 aliphatic carbocycles. The molecule has 0 spiro atoms. The molecule has 420 valence electrons. The Morgan fingerprint density at radius 2 is 0.781 bits per heavy atom. The summed E-state index contributed by atoms with van der Waals surface area (Å²) in [5.41, 5.74) is 0. The first-order chi connectivity index (χ1) is 35.6. The first-order valence-corrected chi connectivity index (χ1v) is 29.7. The molecular weight excluding hydrogens is 911 g/mol. The maximum atomic E-state index is 12.9. The Morgan fingerprint density at radius 1 is 0.425 bits per heavy atom. The lowest BCUT2D eigenvalue weighted by Gasteiger charge is -2.26. The highest BCUT2D eigenvalue weighted by molar-refractivity contribution is 5.70. The topological polar surface area (TPSA) is 111 Å². The lowest BCUT2D eigenvalue weighted by Crippen LogP contribution is -2.44. The van der Waals surface area contributed by atoms with Gasteiger partial charge in [-0.1, -0.05) is 227 Å². The third-order valence-corrected chi connectivity index (χ3v) is 12.6. The molecule has 0 aliphatic heterocycles. The lowest BCUT2D eigenvalue weighted by molar-refractivity contribution is -0.870. The summed E-state index contributed by atoms with van der Waals surface area (Å²) in [6, 6.07) is 0. The predicted molar refractivity (Wildman–Crippen MR) is 306 cm³/mol. The summed E-state index contributed by atoms with van der Waals surface area (Å²) in [7, 11) is 5.92. The Balaban J connectivity index is 4.28. The van der Waals surface area contributed by atoms with E-state index in [0.717, 1.165) is 83.5 Å². The molecule has 0 aromatic rings. The molecule has 0 N–H and O–H groups in total. The first kappa shape index (κ1) is 69.5. The number of allylic oxidation sites excluding steroid dienone is 14. The van der Waals surface area contributed by atoms with Gasteiger partial charge in [0.15, 0.2) is 12.4 Å². The molecule has 9 nitrogen and oxygen atoms in total.